The molecule has 2 heterocycles. The minimum absolute atomic E-state index is 0.686. The van der Waals surface area contributed by atoms with Gasteiger partial charge in [0.05, 0.1) is 6.33 Å². The Bertz CT molecular complexity index is 384. The van der Waals surface area contributed by atoms with Gasteiger partial charge in [-0.15, -0.1) is 0 Å². The largest absolute Gasteiger partial charge is 0.331 e. The van der Waals surface area contributed by atoms with Gasteiger partial charge in [-0.05, 0) is 38.0 Å². The van der Waals surface area contributed by atoms with Crippen LogP contribution in [-0.4, -0.2) is 33.6 Å². The molecular weight excluding hydrogens is 242 g/mol. The summed E-state index contributed by atoms with van der Waals surface area (Å²) in [5.74, 6) is 1.94. The summed E-state index contributed by atoms with van der Waals surface area (Å²) in [6, 6.07) is 0.701. The Morgan fingerprint density at radius 2 is 2.39 bits per heavy atom. The van der Waals surface area contributed by atoms with Crippen molar-refractivity contribution in [3.8, 4) is 0 Å². The molecule has 1 aliphatic carbocycles. The van der Waals surface area contributed by atoms with Crippen LogP contribution in [0.3, 0.4) is 0 Å². The fourth-order valence-corrected chi connectivity index (χ4v) is 4.53. The van der Waals surface area contributed by atoms with Crippen LogP contribution in [0, 0.1) is 0 Å². The van der Waals surface area contributed by atoms with Gasteiger partial charge in [-0.2, -0.15) is 11.8 Å². The van der Waals surface area contributed by atoms with Crippen LogP contribution in [-0.2, 0) is 0 Å². The average Bonchev–Trinajstić information content (AvgIpc) is 3.10. The van der Waals surface area contributed by atoms with Crippen LogP contribution in [0.15, 0.2) is 12.5 Å². The van der Waals surface area contributed by atoms with E-state index in [2.05, 4.69) is 46.1 Å². The predicted octanol–water partition coefficient (Wildman–Crippen LogP) is 2.81. The third kappa shape index (κ3) is 2.45. The summed E-state index contributed by atoms with van der Waals surface area (Å²) in [6.45, 7) is 4.56. The fourth-order valence-electron chi connectivity index (χ4n) is 3.40. The van der Waals surface area contributed by atoms with Gasteiger partial charge in [-0.25, -0.2) is 4.98 Å². The number of thioether (sulfide) groups is 1. The number of nitrogens with one attached hydrogen (secondary N) is 1. The van der Waals surface area contributed by atoms with Gasteiger partial charge in [0, 0.05) is 35.6 Å². The Morgan fingerprint density at radius 3 is 3.17 bits per heavy atom. The molecule has 1 N–H and O–H groups in total. The molecule has 1 aromatic heterocycles. The van der Waals surface area contributed by atoms with E-state index in [1.54, 1.807) is 0 Å². The molecule has 0 amide bonds. The average molecular weight is 265 g/mol. The summed E-state index contributed by atoms with van der Waals surface area (Å²) in [6.07, 6.45) is 9.48. The van der Waals surface area contributed by atoms with Gasteiger partial charge >= 0.3 is 0 Å². The molecular formula is C14H23N3S. The fraction of sp³-hybridized carbons (Fsp3) is 0.786. The summed E-state index contributed by atoms with van der Waals surface area (Å²) in [5, 5.41) is 4.33. The van der Waals surface area contributed by atoms with Gasteiger partial charge in [0.15, 0.2) is 0 Å². The van der Waals surface area contributed by atoms with Crippen molar-refractivity contribution in [2.75, 3.05) is 18.8 Å². The second kappa shape index (κ2) is 5.66. The van der Waals surface area contributed by atoms with E-state index in [1.807, 2.05) is 0 Å². The van der Waals surface area contributed by atoms with E-state index < -0.39 is 0 Å². The topological polar surface area (TPSA) is 29.9 Å². The lowest BCUT2D eigenvalue weighted by Gasteiger charge is -2.19. The number of nitrogens with zero attached hydrogens (tertiary/aromatic N) is 2. The molecule has 1 aliphatic heterocycles. The van der Waals surface area contributed by atoms with Crippen molar-refractivity contribution in [3.63, 3.8) is 0 Å². The molecule has 3 atom stereocenters. The smallest absolute Gasteiger partial charge is 0.0950 e. The van der Waals surface area contributed by atoms with E-state index in [0.717, 1.165) is 18.3 Å². The molecule has 3 unspecified atom stereocenters. The standard InChI is InChI=1S/C14H23N3S/c1-2-18-13-4-3-12(7-13)17-10-16-9-14(17)11-5-6-15-8-11/h9-13,15H,2-8H2,1H3. The van der Waals surface area contributed by atoms with E-state index in [1.165, 1.54) is 37.1 Å². The zero-order valence-corrected chi connectivity index (χ0v) is 12.0. The first-order valence-electron chi connectivity index (χ1n) is 7.22. The van der Waals surface area contributed by atoms with Gasteiger partial charge in [0.2, 0.25) is 0 Å². The minimum Gasteiger partial charge on any atom is -0.331 e. The third-order valence-corrected chi connectivity index (χ3v) is 5.56. The highest BCUT2D eigenvalue weighted by Gasteiger charge is 2.29. The Labute approximate surface area is 114 Å². The summed E-state index contributed by atoms with van der Waals surface area (Å²) in [7, 11) is 0. The van der Waals surface area contributed by atoms with Gasteiger partial charge in [0.1, 0.15) is 0 Å². The SMILES string of the molecule is CCSC1CCC(n2cncc2C2CCNC2)C1. The summed E-state index contributed by atoms with van der Waals surface area (Å²) < 4.78 is 2.48. The van der Waals surface area contributed by atoms with Gasteiger partial charge in [0.25, 0.3) is 0 Å². The van der Waals surface area contributed by atoms with Crippen molar-refractivity contribution >= 4 is 11.8 Å². The predicted molar refractivity (Wildman–Crippen MR) is 77.3 cm³/mol. The first-order valence-corrected chi connectivity index (χ1v) is 8.27. The van der Waals surface area contributed by atoms with Crippen molar-refractivity contribution < 1.29 is 0 Å². The number of hydrogen-bond acceptors (Lipinski definition) is 3. The molecule has 0 aromatic carbocycles. The molecule has 0 bridgehead atoms. The van der Waals surface area contributed by atoms with E-state index in [0.29, 0.717) is 12.0 Å². The van der Waals surface area contributed by atoms with Crippen LogP contribution in [0.1, 0.15) is 50.3 Å². The molecule has 3 nitrogen and oxygen atoms in total. The Kier molecular flexibility index (Phi) is 3.94. The van der Waals surface area contributed by atoms with Crippen LogP contribution in [0.4, 0.5) is 0 Å². The van der Waals surface area contributed by atoms with E-state index in [-0.39, 0.29) is 0 Å². The lowest BCUT2D eigenvalue weighted by atomic mass is 10.0. The van der Waals surface area contributed by atoms with Crippen LogP contribution < -0.4 is 5.32 Å². The van der Waals surface area contributed by atoms with Gasteiger partial charge < -0.3 is 9.88 Å². The maximum absolute atomic E-state index is 4.41. The number of imidazole rings is 1. The number of hydrogen-bond donors (Lipinski definition) is 1. The summed E-state index contributed by atoms with van der Waals surface area (Å²) >= 11 is 2.13. The molecule has 0 spiro atoms. The molecule has 4 heteroatoms. The van der Waals surface area contributed by atoms with Gasteiger partial charge in [-0.1, -0.05) is 6.92 Å². The van der Waals surface area contributed by atoms with Crippen LogP contribution in [0.2, 0.25) is 0 Å². The molecule has 3 rings (SSSR count). The third-order valence-electron chi connectivity index (χ3n) is 4.33. The lowest BCUT2D eigenvalue weighted by molar-refractivity contribution is 0.487. The van der Waals surface area contributed by atoms with Crippen LogP contribution >= 0.6 is 11.8 Å². The summed E-state index contributed by atoms with van der Waals surface area (Å²) in [5.41, 5.74) is 1.46. The zero-order chi connectivity index (χ0) is 12.4. The van der Waals surface area contributed by atoms with Crippen molar-refractivity contribution in [3.05, 3.63) is 18.2 Å². The quantitative estimate of drug-likeness (QED) is 0.908. The molecule has 1 saturated carbocycles. The first kappa shape index (κ1) is 12.5. The Hall–Kier alpha value is -0.480. The zero-order valence-electron chi connectivity index (χ0n) is 11.1. The molecule has 1 saturated heterocycles. The normalized spacial score (nSPS) is 32.2. The highest BCUT2D eigenvalue weighted by Crippen LogP contribution is 2.38. The van der Waals surface area contributed by atoms with E-state index in [4.69, 9.17) is 0 Å². The van der Waals surface area contributed by atoms with Crippen molar-refractivity contribution in [2.24, 2.45) is 0 Å². The maximum atomic E-state index is 4.41. The van der Waals surface area contributed by atoms with Crippen molar-refractivity contribution in [2.45, 2.75) is 49.8 Å². The first-order chi connectivity index (χ1) is 8.88. The second-order valence-electron chi connectivity index (χ2n) is 5.46. The highest BCUT2D eigenvalue weighted by molar-refractivity contribution is 7.99. The van der Waals surface area contributed by atoms with E-state index in [9.17, 15) is 0 Å². The molecule has 2 fully saturated rings. The van der Waals surface area contributed by atoms with Gasteiger partial charge in [-0.3, -0.25) is 0 Å². The molecule has 18 heavy (non-hydrogen) atoms. The molecule has 2 aliphatic rings. The lowest BCUT2D eigenvalue weighted by Crippen LogP contribution is -2.14. The highest BCUT2D eigenvalue weighted by atomic mass is 32.2. The molecule has 0 radical (unpaired) electrons. The Balaban J connectivity index is 1.71. The second-order valence-corrected chi connectivity index (χ2v) is 7.04. The van der Waals surface area contributed by atoms with Crippen LogP contribution in [0.5, 0.6) is 0 Å². The van der Waals surface area contributed by atoms with Crippen molar-refractivity contribution in [1.29, 1.82) is 0 Å². The Morgan fingerprint density at radius 1 is 1.44 bits per heavy atom. The summed E-state index contributed by atoms with van der Waals surface area (Å²) in [4.78, 5) is 4.41. The number of rotatable bonds is 4. The van der Waals surface area contributed by atoms with E-state index >= 15 is 0 Å². The van der Waals surface area contributed by atoms with Crippen molar-refractivity contribution in [1.82, 2.24) is 14.9 Å². The number of aromatic nitrogens is 2. The maximum Gasteiger partial charge on any atom is 0.0950 e. The molecule has 1 aromatic rings. The monoisotopic (exact) mass is 265 g/mol. The molecule has 100 valence electrons. The van der Waals surface area contributed by atoms with Crippen LogP contribution in [0.25, 0.3) is 0 Å². The minimum atomic E-state index is 0.686.